The summed E-state index contributed by atoms with van der Waals surface area (Å²) >= 11 is 0. The molecule has 0 radical (unpaired) electrons. The molecule has 0 N–H and O–H groups in total. The van der Waals surface area contributed by atoms with Crippen LogP contribution in [0.15, 0.2) is 28.6 Å². The van der Waals surface area contributed by atoms with Crippen LogP contribution >= 0.6 is 0 Å². The topological polar surface area (TPSA) is 55.7 Å². The number of rotatable bonds is 5. The molecule has 2 rings (SSSR count). The minimum atomic E-state index is -3.02. The van der Waals surface area contributed by atoms with Crippen molar-refractivity contribution in [2.24, 2.45) is 4.36 Å². The van der Waals surface area contributed by atoms with E-state index in [2.05, 4.69) is 9.10 Å². The zero-order valence-electron chi connectivity index (χ0n) is 12.4. The van der Waals surface area contributed by atoms with Crippen LogP contribution in [0.5, 0.6) is 0 Å². The first-order chi connectivity index (χ1) is 10.3. The Morgan fingerprint density at radius 1 is 1.36 bits per heavy atom. The summed E-state index contributed by atoms with van der Waals surface area (Å²) in [4.78, 5) is 11.8. The molecule has 0 amide bonds. The molecule has 7 heteroatoms. The lowest BCUT2D eigenvalue weighted by molar-refractivity contribution is -0.0629. The van der Waals surface area contributed by atoms with Gasteiger partial charge in [-0.1, -0.05) is 13.0 Å². The summed E-state index contributed by atoms with van der Waals surface area (Å²) < 4.78 is 47.4. The maximum Gasteiger partial charge on any atom is 0.338 e. The Morgan fingerprint density at radius 3 is 2.68 bits per heavy atom. The van der Waals surface area contributed by atoms with E-state index in [1.165, 1.54) is 19.1 Å². The lowest BCUT2D eigenvalue weighted by atomic mass is 10.2. The predicted molar refractivity (Wildman–Crippen MR) is 81.2 cm³/mol. The number of carbonyl (C=O) groups excluding carboxylic acids is 1. The van der Waals surface area contributed by atoms with Gasteiger partial charge in [0.2, 0.25) is 0 Å². The van der Waals surface area contributed by atoms with Gasteiger partial charge in [0.15, 0.2) is 6.61 Å². The van der Waals surface area contributed by atoms with Gasteiger partial charge < -0.3 is 4.74 Å². The van der Waals surface area contributed by atoms with Crippen molar-refractivity contribution in [1.29, 1.82) is 0 Å². The molecule has 1 aromatic rings. The van der Waals surface area contributed by atoms with Crippen molar-refractivity contribution in [2.75, 3.05) is 18.1 Å². The van der Waals surface area contributed by atoms with Gasteiger partial charge in [-0.3, -0.25) is 0 Å². The van der Waals surface area contributed by atoms with Crippen molar-refractivity contribution in [1.82, 2.24) is 0 Å². The molecule has 1 aromatic carbocycles. The van der Waals surface area contributed by atoms with Crippen molar-refractivity contribution in [3.63, 3.8) is 0 Å². The van der Waals surface area contributed by atoms with E-state index in [9.17, 15) is 17.8 Å². The minimum Gasteiger partial charge on any atom is -0.456 e. The van der Waals surface area contributed by atoms with Crippen LogP contribution in [0.2, 0.25) is 0 Å². The van der Waals surface area contributed by atoms with Crippen LogP contribution in [-0.2, 0) is 14.5 Å². The van der Waals surface area contributed by atoms with E-state index in [0.717, 1.165) is 12.8 Å². The van der Waals surface area contributed by atoms with E-state index in [4.69, 9.17) is 0 Å². The van der Waals surface area contributed by atoms with Crippen molar-refractivity contribution >= 4 is 21.4 Å². The maximum atomic E-state index is 13.1. The van der Waals surface area contributed by atoms with E-state index in [0.29, 0.717) is 17.2 Å². The van der Waals surface area contributed by atoms with Crippen LogP contribution in [0.25, 0.3) is 0 Å². The highest BCUT2D eigenvalue weighted by Crippen LogP contribution is 2.23. The van der Waals surface area contributed by atoms with Gasteiger partial charge in [-0.25, -0.2) is 17.8 Å². The van der Waals surface area contributed by atoms with E-state index in [1.807, 2.05) is 0 Å². The van der Waals surface area contributed by atoms with Crippen LogP contribution in [0.1, 0.15) is 36.5 Å². The number of esters is 1. The molecule has 1 fully saturated rings. The molecule has 4 nitrogen and oxygen atoms in total. The number of halogens is 2. The Balaban J connectivity index is 2.11. The standard InChI is InChI=1S/C15H19F2NO3S/c1-2-15(16,17)11-21-14(19)12-6-5-7-13(10-12)18-22(20)8-3-4-9-22/h5-7,10H,2-4,8-9,11H2,1H3. The molecule has 0 aromatic heterocycles. The third-order valence-electron chi connectivity index (χ3n) is 3.46. The number of hydrogen-bond acceptors (Lipinski definition) is 4. The molecule has 122 valence electrons. The SMILES string of the molecule is CCC(F)(F)COC(=O)c1cccc(N=S2(=O)CCCC2)c1. The molecule has 0 unspecified atom stereocenters. The van der Waals surface area contributed by atoms with Gasteiger partial charge in [0.1, 0.15) is 0 Å². The fourth-order valence-electron chi connectivity index (χ4n) is 2.09. The largest absolute Gasteiger partial charge is 0.456 e. The van der Waals surface area contributed by atoms with Gasteiger partial charge in [-0.2, -0.15) is 4.36 Å². The number of alkyl halides is 2. The minimum absolute atomic E-state index is 0.133. The van der Waals surface area contributed by atoms with Crippen molar-refractivity contribution in [2.45, 2.75) is 32.1 Å². The summed E-state index contributed by atoms with van der Waals surface area (Å²) in [5, 5.41) is 0. The lowest BCUT2D eigenvalue weighted by Crippen LogP contribution is -2.24. The monoisotopic (exact) mass is 331 g/mol. The second-order valence-electron chi connectivity index (χ2n) is 5.32. The van der Waals surface area contributed by atoms with Gasteiger partial charge in [-0.05, 0) is 31.0 Å². The third-order valence-corrected chi connectivity index (χ3v) is 5.86. The van der Waals surface area contributed by atoms with Crippen molar-refractivity contribution < 1.29 is 22.5 Å². The number of hydrogen-bond donors (Lipinski definition) is 0. The van der Waals surface area contributed by atoms with E-state index in [1.54, 1.807) is 12.1 Å². The van der Waals surface area contributed by atoms with Crippen LogP contribution in [0, 0.1) is 0 Å². The molecule has 0 atom stereocenters. The first kappa shape index (κ1) is 16.9. The molecular weight excluding hydrogens is 312 g/mol. The average molecular weight is 331 g/mol. The molecule has 0 saturated carbocycles. The zero-order chi connectivity index (χ0) is 16.2. The number of ether oxygens (including phenoxy) is 1. The van der Waals surface area contributed by atoms with E-state index >= 15 is 0 Å². The lowest BCUT2D eigenvalue weighted by Gasteiger charge is -2.14. The Morgan fingerprint density at radius 2 is 2.05 bits per heavy atom. The molecule has 0 bridgehead atoms. The Kier molecular flexibility index (Phi) is 5.16. The third kappa shape index (κ3) is 4.50. The Labute approximate surface area is 129 Å². The second kappa shape index (κ2) is 6.73. The summed E-state index contributed by atoms with van der Waals surface area (Å²) in [6.07, 6.45) is 1.38. The van der Waals surface area contributed by atoms with Gasteiger partial charge in [0.05, 0.1) is 21.0 Å². The first-order valence-corrected chi connectivity index (χ1v) is 9.06. The summed E-state index contributed by atoms with van der Waals surface area (Å²) in [7, 11) is -2.24. The van der Waals surface area contributed by atoms with Crippen molar-refractivity contribution in [3.05, 3.63) is 29.8 Å². The quantitative estimate of drug-likeness (QED) is 0.772. The van der Waals surface area contributed by atoms with Gasteiger partial charge in [0, 0.05) is 17.9 Å². The van der Waals surface area contributed by atoms with Crippen LogP contribution in [0.4, 0.5) is 14.5 Å². The number of benzene rings is 1. The highest BCUT2D eigenvalue weighted by molar-refractivity contribution is 7.93. The second-order valence-corrected chi connectivity index (χ2v) is 7.86. The molecule has 1 aliphatic heterocycles. The van der Waals surface area contributed by atoms with Crippen molar-refractivity contribution in [3.8, 4) is 0 Å². The normalized spacial score (nSPS) is 17.2. The van der Waals surface area contributed by atoms with E-state index < -0.39 is 34.6 Å². The van der Waals surface area contributed by atoms with Crippen LogP contribution in [-0.4, -0.2) is 34.2 Å². The molecule has 1 aliphatic rings. The summed E-state index contributed by atoms with van der Waals surface area (Å²) in [6.45, 7) is 0.381. The van der Waals surface area contributed by atoms with Crippen LogP contribution < -0.4 is 0 Å². The van der Waals surface area contributed by atoms with Gasteiger partial charge in [-0.15, -0.1) is 0 Å². The van der Waals surface area contributed by atoms with Crippen LogP contribution in [0.3, 0.4) is 0 Å². The van der Waals surface area contributed by atoms with Gasteiger partial charge >= 0.3 is 5.97 Å². The molecule has 22 heavy (non-hydrogen) atoms. The summed E-state index contributed by atoms with van der Waals surface area (Å²) in [5.74, 6) is -2.73. The molecular formula is C15H19F2NO3S. The molecule has 0 aliphatic carbocycles. The van der Waals surface area contributed by atoms with Gasteiger partial charge in [0.25, 0.3) is 5.92 Å². The average Bonchev–Trinajstić information content (AvgIpc) is 2.91. The highest BCUT2D eigenvalue weighted by Gasteiger charge is 2.28. The fourth-order valence-corrected chi connectivity index (χ4v) is 4.28. The molecule has 0 spiro atoms. The maximum absolute atomic E-state index is 13.1. The predicted octanol–water partition coefficient (Wildman–Crippen LogP) is 3.78. The summed E-state index contributed by atoms with van der Waals surface area (Å²) in [6, 6.07) is 6.11. The number of nitrogens with zero attached hydrogens (tertiary/aromatic N) is 1. The zero-order valence-corrected chi connectivity index (χ0v) is 13.2. The highest BCUT2D eigenvalue weighted by atomic mass is 32.2. The molecule has 1 heterocycles. The first-order valence-electron chi connectivity index (χ1n) is 7.21. The molecule has 1 saturated heterocycles. The smallest absolute Gasteiger partial charge is 0.338 e. The Hall–Kier alpha value is -1.50. The summed E-state index contributed by atoms with van der Waals surface area (Å²) in [5.41, 5.74) is 0.553. The van der Waals surface area contributed by atoms with E-state index in [-0.39, 0.29) is 5.56 Å². The number of carbonyl (C=O) groups is 1. The fraction of sp³-hybridized carbons (Fsp3) is 0.533. The Bertz CT molecular complexity index is 655.